The van der Waals surface area contributed by atoms with Crippen molar-refractivity contribution in [2.24, 2.45) is 5.84 Å². The predicted octanol–water partition coefficient (Wildman–Crippen LogP) is 3.21. The van der Waals surface area contributed by atoms with E-state index in [1.807, 2.05) is 0 Å². The number of nitrogens with zero attached hydrogens (tertiary/aromatic N) is 1. The summed E-state index contributed by atoms with van der Waals surface area (Å²) in [6, 6.07) is 0.916. The van der Waals surface area contributed by atoms with Crippen LogP contribution in [0.1, 0.15) is 30.5 Å². The van der Waals surface area contributed by atoms with Gasteiger partial charge in [0.15, 0.2) is 17.5 Å². The van der Waals surface area contributed by atoms with Gasteiger partial charge in [-0.3, -0.25) is 10.8 Å². The molecule has 3 N–H and O–H groups in total. The second kappa shape index (κ2) is 4.94. The summed E-state index contributed by atoms with van der Waals surface area (Å²) in [4.78, 5) is 4.30. The Hall–Kier alpha value is -1.82. The lowest BCUT2D eigenvalue weighted by Gasteiger charge is -2.15. The van der Waals surface area contributed by atoms with Crippen molar-refractivity contribution >= 4 is 16.6 Å². The highest BCUT2D eigenvalue weighted by Gasteiger charge is 2.22. The molecule has 106 valence electrons. The van der Waals surface area contributed by atoms with E-state index in [0.29, 0.717) is 12.1 Å². The highest BCUT2D eigenvalue weighted by atomic mass is 19.2. The van der Waals surface area contributed by atoms with Crippen LogP contribution in [-0.4, -0.2) is 4.98 Å². The van der Waals surface area contributed by atoms with Crippen molar-refractivity contribution in [2.75, 3.05) is 5.43 Å². The molecule has 1 heterocycles. The van der Waals surface area contributed by atoms with Crippen molar-refractivity contribution in [3.8, 4) is 0 Å². The number of aryl methyl sites for hydroxylation is 1. The third-order valence-corrected chi connectivity index (χ3v) is 3.78. The number of nitrogen functional groups attached to an aromatic ring is 1. The van der Waals surface area contributed by atoms with Crippen LogP contribution in [0.2, 0.25) is 0 Å². The summed E-state index contributed by atoms with van der Waals surface area (Å²) in [6.45, 7) is 0. The number of fused-ring (bicyclic) bond motifs is 2. The molecule has 0 unspecified atom stereocenters. The molecule has 0 saturated carbocycles. The topological polar surface area (TPSA) is 50.9 Å². The highest BCUT2D eigenvalue weighted by Crippen LogP contribution is 2.35. The van der Waals surface area contributed by atoms with Crippen LogP contribution in [0.3, 0.4) is 0 Å². The van der Waals surface area contributed by atoms with E-state index in [1.54, 1.807) is 0 Å². The van der Waals surface area contributed by atoms with Gasteiger partial charge in [0.1, 0.15) is 0 Å². The third kappa shape index (κ3) is 1.91. The molecule has 0 radical (unpaired) electrons. The van der Waals surface area contributed by atoms with Gasteiger partial charge >= 0.3 is 0 Å². The number of hydrogen-bond acceptors (Lipinski definition) is 3. The standard InChI is InChI=1S/C14H14F3N3/c15-8-6-10-11(13(17)12(8)16)14(20-18)7-4-2-1-3-5-9(7)19-10/h6H,1-5,18H2,(H,19,20). The van der Waals surface area contributed by atoms with Crippen molar-refractivity contribution in [3.05, 3.63) is 34.8 Å². The maximum absolute atomic E-state index is 14.0. The van der Waals surface area contributed by atoms with Gasteiger partial charge in [0, 0.05) is 11.8 Å². The Morgan fingerprint density at radius 1 is 1.05 bits per heavy atom. The summed E-state index contributed by atoms with van der Waals surface area (Å²) in [5, 5.41) is -0.0768. The molecule has 3 rings (SSSR count). The summed E-state index contributed by atoms with van der Waals surface area (Å²) in [6.07, 6.45) is 4.40. The summed E-state index contributed by atoms with van der Waals surface area (Å²) in [5.74, 6) is 1.51. The average molecular weight is 281 g/mol. The van der Waals surface area contributed by atoms with Gasteiger partial charge < -0.3 is 5.43 Å². The van der Waals surface area contributed by atoms with Crippen molar-refractivity contribution < 1.29 is 13.2 Å². The average Bonchev–Trinajstić information content (AvgIpc) is 2.68. The smallest absolute Gasteiger partial charge is 0.195 e. The number of benzene rings is 1. The zero-order chi connectivity index (χ0) is 14.3. The molecule has 20 heavy (non-hydrogen) atoms. The summed E-state index contributed by atoms with van der Waals surface area (Å²) in [7, 11) is 0. The van der Waals surface area contributed by atoms with Gasteiger partial charge in [0.2, 0.25) is 0 Å². The second-order valence-electron chi connectivity index (χ2n) is 5.00. The molecule has 0 atom stereocenters. The molecule has 1 aromatic heterocycles. The normalized spacial score (nSPS) is 15.0. The maximum atomic E-state index is 14.0. The first-order valence-electron chi connectivity index (χ1n) is 6.59. The minimum absolute atomic E-state index is 0.0768. The Kier molecular flexibility index (Phi) is 3.25. The molecular formula is C14H14F3N3. The molecule has 1 aliphatic carbocycles. The zero-order valence-electron chi connectivity index (χ0n) is 10.8. The Balaban J connectivity index is 2.40. The molecular weight excluding hydrogens is 267 g/mol. The van der Waals surface area contributed by atoms with E-state index in [1.165, 1.54) is 0 Å². The number of rotatable bonds is 1. The highest BCUT2D eigenvalue weighted by molar-refractivity contribution is 5.94. The largest absolute Gasteiger partial charge is 0.323 e. The van der Waals surface area contributed by atoms with Crippen molar-refractivity contribution in [2.45, 2.75) is 32.1 Å². The van der Waals surface area contributed by atoms with Gasteiger partial charge in [0.25, 0.3) is 0 Å². The number of hydrazine groups is 1. The first-order valence-corrected chi connectivity index (χ1v) is 6.59. The maximum Gasteiger partial charge on any atom is 0.195 e. The minimum atomic E-state index is -1.50. The predicted molar refractivity (Wildman–Crippen MR) is 70.7 cm³/mol. The van der Waals surface area contributed by atoms with E-state index in [4.69, 9.17) is 5.84 Å². The SMILES string of the molecule is NNc1c2c(nc3cc(F)c(F)c(F)c13)CCCCC2. The number of pyridine rings is 1. The van der Waals surface area contributed by atoms with Crippen LogP contribution in [0.4, 0.5) is 18.9 Å². The first-order chi connectivity index (χ1) is 9.63. The monoisotopic (exact) mass is 281 g/mol. The van der Waals surface area contributed by atoms with E-state index < -0.39 is 17.5 Å². The first kappa shape index (κ1) is 13.2. The number of hydrogen-bond donors (Lipinski definition) is 2. The second-order valence-corrected chi connectivity index (χ2v) is 5.00. The van der Waals surface area contributed by atoms with Gasteiger partial charge in [-0.25, -0.2) is 13.2 Å². The third-order valence-electron chi connectivity index (χ3n) is 3.78. The van der Waals surface area contributed by atoms with E-state index >= 15 is 0 Å². The van der Waals surface area contributed by atoms with Gasteiger partial charge in [-0.1, -0.05) is 6.42 Å². The van der Waals surface area contributed by atoms with Crippen molar-refractivity contribution in [3.63, 3.8) is 0 Å². The fourth-order valence-corrected chi connectivity index (χ4v) is 2.82. The van der Waals surface area contributed by atoms with E-state index in [0.717, 1.165) is 43.0 Å². The van der Waals surface area contributed by atoms with Crippen LogP contribution in [-0.2, 0) is 12.8 Å². The van der Waals surface area contributed by atoms with E-state index in [-0.39, 0.29) is 10.9 Å². The van der Waals surface area contributed by atoms with Crippen molar-refractivity contribution in [1.29, 1.82) is 0 Å². The fourth-order valence-electron chi connectivity index (χ4n) is 2.82. The molecule has 0 amide bonds. The van der Waals surface area contributed by atoms with Gasteiger partial charge in [-0.2, -0.15) is 0 Å². The van der Waals surface area contributed by atoms with E-state index in [2.05, 4.69) is 10.4 Å². The van der Waals surface area contributed by atoms with Gasteiger partial charge in [-0.15, -0.1) is 0 Å². The van der Waals surface area contributed by atoms with E-state index in [9.17, 15) is 13.2 Å². The van der Waals surface area contributed by atoms with Crippen LogP contribution in [0.25, 0.3) is 10.9 Å². The molecule has 0 aliphatic heterocycles. The number of anilines is 1. The van der Waals surface area contributed by atoms with Crippen LogP contribution in [0, 0.1) is 17.5 Å². The Morgan fingerprint density at radius 2 is 1.80 bits per heavy atom. The number of aromatic nitrogens is 1. The molecule has 3 nitrogen and oxygen atoms in total. The summed E-state index contributed by atoms with van der Waals surface area (Å²) in [5.41, 5.74) is 4.45. The molecule has 0 saturated heterocycles. The number of nitrogens with one attached hydrogen (secondary N) is 1. The van der Waals surface area contributed by atoms with Crippen LogP contribution in [0.15, 0.2) is 6.07 Å². The lowest BCUT2D eigenvalue weighted by atomic mass is 10.0. The lowest BCUT2D eigenvalue weighted by molar-refractivity contribution is 0.453. The minimum Gasteiger partial charge on any atom is -0.323 e. The molecule has 0 fully saturated rings. The Labute approximate surface area is 114 Å². The Morgan fingerprint density at radius 3 is 2.55 bits per heavy atom. The van der Waals surface area contributed by atoms with Crippen LogP contribution < -0.4 is 11.3 Å². The fraction of sp³-hybridized carbons (Fsp3) is 0.357. The molecule has 0 spiro atoms. The molecule has 0 bridgehead atoms. The lowest BCUT2D eigenvalue weighted by Crippen LogP contribution is -2.13. The summed E-state index contributed by atoms with van der Waals surface area (Å²) >= 11 is 0. The van der Waals surface area contributed by atoms with Gasteiger partial charge in [-0.05, 0) is 31.2 Å². The zero-order valence-corrected chi connectivity index (χ0v) is 10.8. The molecule has 1 aromatic carbocycles. The quantitative estimate of drug-likeness (QED) is 0.365. The molecule has 6 heteroatoms. The van der Waals surface area contributed by atoms with Crippen LogP contribution in [0.5, 0.6) is 0 Å². The number of nitrogens with two attached hydrogens (primary N) is 1. The number of halogens is 3. The Bertz CT molecular complexity index is 685. The van der Waals surface area contributed by atoms with Crippen LogP contribution >= 0.6 is 0 Å². The molecule has 1 aliphatic rings. The molecule has 2 aromatic rings. The van der Waals surface area contributed by atoms with Gasteiger partial charge in [0.05, 0.1) is 16.6 Å². The van der Waals surface area contributed by atoms with Crippen molar-refractivity contribution in [1.82, 2.24) is 4.98 Å². The summed E-state index contributed by atoms with van der Waals surface area (Å²) < 4.78 is 40.8.